The first-order chi connectivity index (χ1) is 19.0. The number of methoxy groups -OCH3 is 1. The van der Waals surface area contributed by atoms with Gasteiger partial charge >= 0.3 is 5.97 Å². The largest absolute Gasteiger partial charge is 0.494 e. The summed E-state index contributed by atoms with van der Waals surface area (Å²) >= 11 is 6.04. The van der Waals surface area contributed by atoms with E-state index >= 15 is 4.39 Å². The summed E-state index contributed by atoms with van der Waals surface area (Å²) in [7, 11) is -5.52. The van der Waals surface area contributed by atoms with Crippen molar-refractivity contribution in [2.75, 3.05) is 25.0 Å². The molecule has 0 saturated heterocycles. The number of carboxylic acids is 1. The number of para-hydroxylation sites is 1. The van der Waals surface area contributed by atoms with Gasteiger partial charge < -0.3 is 19.0 Å². The van der Waals surface area contributed by atoms with Gasteiger partial charge in [0.15, 0.2) is 14.1 Å². The van der Waals surface area contributed by atoms with E-state index in [2.05, 4.69) is 38.6 Å². The number of ether oxygens (including phenoxy) is 2. The average molecular weight is 628 g/mol. The molecular weight excluding hydrogens is 596 g/mol. The minimum absolute atomic E-state index is 0.0101. The summed E-state index contributed by atoms with van der Waals surface area (Å²) in [6, 6.07) is 9.86. The van der Waals surface area contributed by atoms with E-state index in [1.807, 2.05) is 0 Å². The highest BCUT2D eigenvalue weighted by atomic mass is 35.5. The van der Waals surface area contributed by atoms with Gasteiger partial charge in [-0.1, -0.05) is 50.6 Å². The first kappa shape index (κ1) is 32.3. The SMILES string of the molecule is COc1c(Cl)cc(C(=O)O)cc1S(=O)(=O)Nc1cc(-c2ccccc2OCCO[Si](C)(C)C(C)(C)C)c(F)cc1F. The second-order valence-corrected chi connectivity index (χ2v) is 17.5. The van der Waals surface area contributed by atoms with Crippen LogP contribution in [0.3, 0.4) is 0 Å². The van der Waals surface area contributed by atoms with Crippen LogP contribution in [0.15, 0.2) is 53.4 Å². The number of rotatable bonds is 11. The third-order valence-electron chi connectivity index (χ3n) is 6.84. The second-order valence-electron chi connectivity index (χ2n) is 10.7. The van der Waals surface area contributed by atoms with Gasteiger partial charge in [0.05, 0.1) is 30.0 Å². The monoisotopic (exact) mass is 627 g/mol. The fourth-order valence-corrected chi connectivity index (χ4v) is 6.26. The van der Waals surface area contributed by atoms with Crippen LogP contribution < -0.4 is 14.2 Å². The number of carboxylic acid groups (broad SMARTS) is 1. The van der Waals surface area contributed by atoms with Crippen LogP contribution in [-0.2, 0) is 14.4 Å². The molecule has 0 aliphatic carbocycles. The molecule has 0 saturated carbocycles. The molecule has 0 aliphatic rings. The maximum atomic E-state index is 15.0. The molecule has 8 nitrogen and oxygen atoms in total. The number of nitrogens with one attached hydrogen (secondary N) is 1. The molecule has 3 aromatic rings. The minimum Gasteiger partial charge on any atom is -0.494 e. The van der Waals surface area contributed by atoms with E-state index < -0.39 is 52.1 Å². The zero-order chi connectivity index (χ0) is 30.8. The van der Waals surface area contributed by atoms with Crippen molar-refractivity contribution in [3.8, 4) is 22.6 Å². The van der Waals surface area contributed by atoms with Crippen LogP contribution in [0.2, 0.25) is 23.2 Å². The van der Waals surface area contributed by atoms with Crippen molar-refractivity contribution in [1.29, 1.82) is 0 Å². The molecule has 0 atom stereocenters. The number of hydrogen-bond donors (Lipinski definition) is 2. The fraction of sp³-hybridized carbons (Fsp3) is 0.321. The number of hydrogen-bond acceptors (Lipinski definition) is 6. The predicted octanol–water partition coefficient (Wildman–Crippen LogP) is 7.19. The average Bonchev–Trinajstić information content (AvgIpc) is 2.87. The van der Waals surface area contributed by atoms with E-state index in [9.17, 15) is 22.7 Å². The normalized spacial score (nSPS) is 12.2. The van der Waals surface area contributed by atoms with Crippen molar-refractivity contribution in [3.05, 3.63) is 70.8 Å². The molecular formula is C28H32ClF2NO7SSi. The van der Waals surface area contributed by atoms with E-state index in [0.717, 1.165) is 25.3 Å². The van der Waals surface area contributed by atoms with E-state index in [0.29, 0.717) is 12.7 Å². The molecule has 0 aromatic heterocycles. The molecule has 0 fully saturated rings. The topological polar surface area (TPSA) is 111 Å². The summed E-state index contributed by atoms with van der Waals surface area (Å²) in [6.07, 6.45) is 0. The Morgan fingerprint density at radius 2 is 1.68 bits per heavy atom. The molecule has 0 radical (unpaired) electrons. The molecule has 2 N–H and O–H groups in total. The van der Waals surface area contributed by atoms with Crippen molar-refractivity contribution >= 4 is 41.6 Å². The molecule has 0 amide bonds. The summed E-state index contributed by atoms with van der Waals surface area (Å²) < 4.78 is 75.5. The zero-order valence-electron chi connectivity index (χ0n) is 23.5. The van der Waals surface area contributed by atoms with Gasteiger partial charge in [0.1, 0.15) is 28.9 Å². The maximum absolute atomic E-state index is 15.0. The van der Waals surface area contributed by atoms with Crippen molar-refractivity contribution in [2.45, 2.75) is 43.8 Å². The lowest BCUT2D eigenvalue weighted by atomic mass is 10.0. The van der Waals surface area contributed by atoms with Crippen LogP contribution >= 0.6 is 11.6 Å². The summed E-state index contributed by atoms with van der Waals surface area (Å²) in [5.41, 5.74) is -0.892. The molecule has 3 aromatic carbocycles. The second kappa shape index (κ2) is 12.4. The molecule has 0 bridgehead atoms. The van der Waals surface area contributed by atoms with Gasteiger partial charge in [0, 0.05) is 17.2 Å². The molecule has 0 heterocycles. The predicted molar refractivity (Wildman–Crippen MR) is 156 cm³/mol. The standard InChI is InChI=1S/C28H32ClF2NO7SSi/c1-28(2,3)41(5,6)39-12-11-38-24-10-8-7-9-18(24)19-15-23(22(31)16-21(19)30)32-40(35,36)25-14-17(27(33)34)13-20(29)26(25)37-4/h7-10,13-16,32H,11-12H2,1-6H3,(H,33,34). The quantitative estimate of drug-likeness (QED) is 0.171. The summed E-state index contributed by atoms with van der Waals surface area (Å²) in [4.78, 5) is 10.8. The molecule has 41 heavy (non-hydrogen) atoms. The van der Waals surface area contributed by atoms with E-state index in [1.54, 1.807) is 24.3 Å². The first-order valence-electron chi connectivity index (χ1n) is 12.5. The number of benzene rings is 3. The van der Waals surface area contributed by atoms with Crippen LogP contribution in [0.1, 0.15) is 31.1 Å². The lowest BCUT2D eigenvalue weighted by Crippen LogP contribution is -2.41. The van der Waals surface area contributed by atoms with Crippen LogP contribution in [-0.4, -0.2) is 48.1 Å². The number of carbonyl (C=O) groups is 1. The number of halogens is 3. The van der Waals surface area contributed by atoms with Crippen LogP contribution in [0, 0.1) is 11.6 Å². The summed E-state index contributed by atoms with van der Waals surface area (Å²) in [5.74, 6) is -3.64. The molecule has 3 rings (SSSR count). The van der Waals surface area contributed by atoms with E-state index in [4.69, 9.17) is 25.5 Å². The van der Waals surface area contributed by atoms with Gasteiger partial charge in [-0.05, 0) is 42.4 Å². The maximum Gasteiger partial charge on any atom is 0.335 e. The lowest BCUT2D eigenvalue weighted by Gasteiger charge is -2.36. The zero-order valence-corrected chi connectivity index (χ0v) is 26.0. The number of anilines is 1. The molecule has 0 aliphatic heterocycles. The summed E-state index contributed by atoms with van der Waals surface area (Å²) in [5, 5.41) is 9.06. The van der Waals surface area contributed by atoms with Gasteiger partial charge in [0.2, 0.25) is 0 Å². The van der Waals surface area contributed by atoms with Crippen LogP contribution in [0.4, 0.5) is 14.5 Å². The highest BCUT2D eigenvalue weighted by Crippen LogP contribution is 2.39. The number of sulfonamides is 1. The van der Waals surface area contributed by atoms with Crippen molar-refractivity contribution in [3.63, 3.8) is 0 Å². The van der Waals surface area contributed by atoms with Crippen LogP contribution in [0.25, 0.3) is 11.1 Å². The van der Waals surface area contributed by atoms with E-state index in [-0.39, 0.29) is 39.3 Å². The third-order valence-corrected chi connectivity index (χ3v) is 13.0. The Morgan fingerprint density at radius 1 is 1.02 bits per heavy atom. The molecule has 0 spiro atoms. The Balaban J connectivity index is 1.95. The fourth-order valence-electron chi connectivity index (χ4n) is 3.60. The van der Waals surface area contributed by atoms with Crippen molar-refractivity contribution < 1.29 is 41.0 Å². The Kier molecular flexibility index (Phi) is 9.74. The first-order valence-corrected chi connectivity index (χ1v) is 17.2. The highest BCUT2D eigenvalue weighted by molar-refractivity contribution is 7.92. The lowest BCUT2D eigenvalue weighted by molar-refractivity contribution is 0.0696. The minimum atomic E-state index is -4.65. The highest BCUT2D eigenvalue weighted by Gasteiger charge is 2.37. The van der Waals surface area contributed by atoms with Gasteiger partial charge in [-0.25, -0.2) is 22.0 Å². The van der Waals surface area contributed by atoms with Gasteiger partial charge in [-0.15, -0.1) is 0 Å². The van der Waals surface area contributed by atoms with Gasteiger partial charge in [-0.2, -0.15) is 0 Å². The van der Waals surface area contributed by atoms with Gasteiger partial charge in [0.25, 0.3) is 10.0 Å². The Labute approximate surface area is 244 Å². The molecule has 222 valence electrons. The van der Waals surface area contributed by atoms with E-state index in [1.165, 1.54) is 0 Å². The molecule has 13 heteroatoms. The number of aromatic carboxylic acids is 1. The summed E-state index contributed by atoms with van der Waals surface area (Å²) in [6.45, 7) is 11.1. The Morgan fingerprint density at radius 3 is 2.29 bits per heavy atom. The van der Waals surface area contributed by atoms with Crippen molar-refractivity contribution in [2.24, 2.45) is 0 Å². The molecule has 0 unspecified atom stereocenters. The van der Waals surface area contributed by atoms with Gasteiger partial charge in [-0.3, -0.25) is 4.72 Å². The third kappa shape index (κ3) is 7.37. The smallest absolute Gasteiger partial charge is 0.335 e. The Hall–Kier alpha value is -3.19. The Bertz CT molecular complexity index is 1560. The van der Waals surface area contributed by atoms with Crippen LogP contribution in [0.5, 0.6) is 11.5 Å². The van der Waals surface area contributed by atoms with Crippen molar-refractivity contribution in [1.82, 2.24) is 0 Å².